The number of halogens is 2. The van der Waals surface area contributed by atoms with Crippen LogP contribution in [0.15, 0.2) is 49.2 Å². The van der Waals surface area contributed by atoms with Crippen molar-refractivity contribution in [2.24, 2.45) is 0 Å². The molecule has 8 nitrogen and oxygen atoms in total. The topological polar surface area (TPSA) is 90.0 Å². The first-order valence-corrected chi connectivity index (χ1v) is 7.91. The van der Waals surface area contributed by atoms with E-state index in [4.69, 9.17) is 11.6 Å². The maximum atomic E-state index is 13.1. The normalized spacial score (nSPS) is 11.0. The van der Waals surface area contributed by atoms with Gasteiger partial charge in [0.1, 0.15) is 17.7 Å². The van der Waals surface area contributed by atoms with Gasteiger partial charge in [-0.15, -0.1) is 5.10 Å². The van der Waals surface area contributed by atoms with Gasteiger partial charge in [-0.2, -0.15) is 5.10 Å². The third-order valence-electron chi connectivity index (χ3n) is 3.63. The Hall–Kier alpha value is -3.33. The number of anilines is 1. The molecule has 1 N–H and O–H groups in total. The molecule has 1 aromatic carbocycles. The lowest BCUT2D eigenvalue weighted by atomic mass is 10.2. The number of aromatic nitrogens is 6. The van der Waals surface area contributed by atoms with Crippen LogP contribution >= 0.6 is 11.6 Å². The molecule has 1 amide bonds. The van der Waals surface area contributed by atoms with Crippen LogP contribution < -0.4 is 5.32 Å². The predicted octanol–water partition coefficient (Wildman–Crippen LogP) is 2.41. The highest BCUT2D eigenvalue weighted by molar-refractivity contribution is 6.31. The molecular weight excluding hydrogens is 361 g/mol. The van der Waals surface area contributed by atoms with Crippen molar-refractivity contribution in [1.29, 1.82) is 0 Å². The van der Waals surface area contributed by atoms with E-state index in [1.54, 1.807) is 24.5 Å². The molecule has 0 radical (unpaired) electrons. The first kappa shape index (κ1) is 16.2. The van der Waals surface area contributed by atoms with Crippen LogP contribution in [0.4, 0.5) is 10.3 Å². The molecule has 4 aromatic rings. The van der Waals surface area contributed by atoms with Gasteiger partial charge in [0.05, 0.1) is 12.7 Å². The van der Waals surface area contributed by atoms with Gasteiger partial charge >= 0.3 is 0 Å². The van der Waals surface area contributed by atoms with Crippen LogP contribution in [0.3, 0.4) is 0 Å². The highest BCUT2D eigenvalue weighted by Crippen LogP contribution is 2.18. The Morgan fingerprint density at radius 3 is 3.04 bits per heavy atom. The van der Waals surface area contributed by atoms with Gasteiger partial charge < -0.3 is 0 Å². The van der Waals surface area contributed by atoms with Crippen molar-refractivity contribution in [1.82, 2.24) is 29.4 Å². The van der Waals surface area contributed by atoms with Crippen LogP contribution in [-0.4, -0.2) is 35.3 Å². The third-order valence-corrected chi connectivity index (χ3v) is 3.99. The molecule has 0 atom stereocenters. The molecule has 0 fully saturated rings. The number of hydrogen-bond acceptors (Lipinski definition) is 5. The second-order valence-corrected chi connectivity index (χ2v) is 5.81. The fraction of sp³-hybridized carbons (Fsp3) is 0.0625. The zero-order valence-corrected chi connectivity index (χ0v) is 13.9. The summed E-state index contributed by atoms with van der Waals surface area (Å²) in [5, 5.41) is 11.1. The first-order chi connectivity index (χ1) is 12.6. The van der Waals surface area contributed by atoms with Gasteiger partial charge in [-0.3, -0.25) is 10.1 Å². The lowest BCUT2D eigenvalue weighted by Gasteiger charge is -2.04. The number of nitrogens with one attached hydrogen (secondary N) is 1. The molecule has 4 rings (SSSR count). The average Bonchev–Trinajstić information content (AvgIpc) is 3.24. The molecule has 0 aliphatic heterocycles. The molecule has 3 aromatic heterocycles. The molecule has 0 bridgehead atoms. The fourth-order valence-corrected chi connectivity index (χ4v) is 2.64. The number of carbonyl (C=O) groups excluding carboxylic acids is 1. The minimum absolute atomic E-state index is 0.128. The quantitative estimate of drug-likeness (QED) is 0.595. The summed E-state index contributed by atoms with van der Waals surface area (Å²) in [4.78, 5) is 20.6. The molecule has 3 heterocycles. The molecule has 26 heavy (non-hydrogen) atoms. The van der Waals surface area contributed by atoms with Gasteiger partial charge in [0.15, 0.2) is 5.65 Å². The highest BCUT2D eigenvalue weighted by Gasteiger charge is 2.15. The van der Waals surface area contributed by atoms with E-state index in [1.807, 2.05) is 0 Å². The van der Waals surface area contributed by atoms with Crippen LogP contribution in [0.2, 0.25) is 5.02 Å². The molecule has 0 saturated carbocycles. The Bertz CT molecular complexity index is 1110. The summed E-state index contributed by atoms with van der Waals surface area (Å²) in [6, 6.07) is 5.83. The van der Waals surface area contributed by atoms with Gasteiger partial charge in [0.2, 0.25) is 5.95 Å². The number of hydrogen-bond donors (Lipinski definition) is 1. The smallest absolute Gasteiger partial charge is 0.263 e. The zero-order chi connectivity index (χ0) is 18.1. The summed E-state index contributed by atoms with van der Waals surface area (Å²) >= 11 is 6.01. The highest BCUT2D eigenvalue weighted by atomic mass is 35.5. The summed E-state index contributed by atoms with van der Waals surface area (Å²) in [5.41, 5.74) is 1.42. The molecule has 0 saturated heterocycles. The second-order valence-electron chi connectivity index (χ2n) is 5.40. The van der Waals surface area contributed by atoms with Crippen molar-refractivity contribution in [3.05, 3.63) is 71.2 Å². The molecule has 130 valence electrons. The number of fused-ring (bicyclic) bond motifs is 1. The van der Waals surface area contributed by atoms with Crippen LogP contribution in [-0.2, 0) is 6.54 Å². The van der Waals surface area contributed by atoms with Crippen LogP contribution in [0.25, 0.3) is 5.65 Å². The molecule has 0 aliphatic carbocycles. The Balaban J connectivity index is 1.50. The minimum atomic E-state index is -0.420. The van der Waals surface area contributed by atoms with Crippen molar-refractivity contribution in [2.45, 2.75) is 6.54 Å². The molecular formula is C16H11ClFN7O. The fourth-order valence-electron chi connectivity index (χ4n) is 2.41. The largest absolute Gasteiger partial charge is 0.289 e. The Morgan fingerprint density at radius 1 is 1.31 bits per heavy atom. The summed E-state index contributed by atoms with van der Waals surface area (Å²) < 4.78 is 16.1. The number of rotatable bonds is 4. The lowest BCUT2D eigenvalue weighted by molar-refractivity contribution is 0.102. The van der Waals surface area contributed by atoms with E-state index in [9.17, 15) is 9.18 Å². The van der Waals surface area contributed by atoms with Gasteiger partial charge in [0.25, 0.3) is 5.91 Å². The average molecular weight is 372 g/mol. The lowest BCUT2D eigenvalue weighted by Crippen LogP contribution is -2.13. The van der Waals surface area contributed by atoms with Gasteiger partial charge in [0, 0.05) is 17.4 Å². The molecule has 0 unspecified atom stereocenters. The summed E-state index contributed by atoms with van der Waals surface area (Å²) in [5.74, 6) is -0.702. The molecule has 10 heteroatoms. The standard InChI is InChI=1S/C16H11ClFN7O/c17-13-6-11(18)3-2-10(13)8-24-9-20-16(23-24)22-15(26)12-7-21-25-5-1-4-19-14(12)25/h1-7,9H,8H2,(H,22,23,26). The summed E-state index contributed by atoms with van der Waals surface area (Å²) in [6.07, 6.45) is 6.14. The van der Waals surface area contributed by atoms with E-state index >= 15 is 0 Å². The maximum Gasteiger partial charge on any atom is 0.263 e. The van der Waals surface area contributed by atoms with Gasteiger partial charge in [-0.25, -0.2) is 23.6 Å². The number of nitrogens with zero attached hydrogens (tertiary/aromatic N) is 6. The Morgan fingerprint density at radius 2 is 2.19 bits per heavy atom. The van der Waals surface area contributed by atoms with E-state index in [0.717, 1.165) is 0 Å². The van der Waals surface area contributed by atoms with E-state index in [-0.39, 0.29) is 5.95 Å². The van der Waals surface area contributed by atoms with E-state index < -0.39 is 11.7 Å². The van der Waals surface area contributed by atoms with E-state index in [1.165, 1.54) is 33.9 Å². The van der Waals surface area contributed by atoms with Crippen molar-refractivity contribution in [3.8, 4) is 0 Å². The van der Waals surface area contributed by atoms with Crippen LogP contribution in [0.5, 0.6) is 0 Å². The number of benzene rings is 1. The predicted molar refractivity (Wildman–Crippen MR) is 91.5 cm³/mol. The Labute approximate surface area is 151 Å². The molecule has 0 spiro atoms. The monoisotopic (exact) mass is 371 g/mol. The third kappa shape index (κ3) is 3.11. The maximum absolute atomic E-state index is 13.1. The minimum Gasteiger partial charge on any atom is -0.289 e. The van der Waals surface area contributed by atoms with Crippen molar-refractivity contribution in [3.63, 3.8) is 0 Å². The summed E-state index contributed by atoms with van der Waals surface area (Å²) in [6.45, 7) is 0.292. The summed E-state index contributed by atoms with van der Waals surface area (Å²) in [7, 11) is 0. The molecule has 0 aliphatic rings. The number of amides is 1. The van der Waals surface area contributed by atoms with Crippen LogP contribution in [0, 0.1) is 5.82 Å². The second kappa shape index (κ2) is 6.52. The SMILES string of the molecule is O=C(Nc1ncn(Cc2ccc(F)cc2Cl)n1)c1cnn2cccnc12. The Kier molecular flexibility index (Phi) is 4.05. The van der Waals surface area contributed by atoms with Crippen molar-refractivity contribution in [2.75, 3.05) is 5.32 Å². The van der Waals surface area contributed by atoms with Crippen molar-refractivity contribution < 1.29 is 9.18 Å². The van der Waals surface area contributed by atoms with Gasteiger partial charge in [-0.05, 0) is 23.8 Å². The zero-order valence-electron chi connectivity index (χ0n) is 13.2. The van der Waals surface area contributed by atoms with Crippen LogP contribution in [0.1, 0.15) is 15.9 Å². The van der Waals surface area contributed by atoms with Crippen molar-refractivity contribution >= 4 is 29.1 Å². The van der Waals surface area contributed by atoms with E-state index in [0.29, 0.717) is 28.3 Å². The van der Waals surface area contributed by atoms with E-state index in [2.05, 4.69) is 25.5 Å². The van der Waals surface area contributed by atoms with Gasteiger partial charge in [-0.1, -0.05) is 17.7 Å². The first-order valence-electron chi connectivity index (χ1n) is 7.53. The number of carbonyl (C=O) groups is 1.